The fraction of sp³-hybridized carbons (Fsp3) is 1.00. The summed E-state index contributed by atoms with van der Waals surface area (Å²) in [5.41, 5.74) is 0. The first kappa shape index (κ1) is 14.9. The molecule has 0 bridgehead atoms. The molecule has 0 spiro atoms. The summed E-state index contributed by atoms with van der Waals surface area (Å²) in [5, 5.41) is 3.56. The van der Waals surface area contributed by atoms with E-state index < -0.39 is 0 Å². The van der Waals surface area contributed by atoms with Gasteiger partial charge in [0.25, 0.3) is 0 Å². The molecule has 0 aromatic rings. The summed E-state index contributed by atoms with van der Waals surface area (Å²) in [6.07, 6.45) is 5.40. The fourth-order valence-corrected chi connectivity index (χ4v) is 1.73. The topological polar surface area (TPSA) is 21.3 Å². The maximum Gasteiger partial charge on any atom is 0.0543 e. The molecule has 0 aliphatic carbocycles. The Morgan fingerprint density at radius 2 is 1.60 bits per heavy atom. The highest BCUT2D eigenvalue weighted by Gasteiger charge is 2.10. The molecular formula is C13H29NO. The summed E-state index contributed by atoms with van der Waals surface area (Å²) in [4.78, 5) is 0. The predicted molar refractivity (Wildman–Crippen MR) is 67.2 cm³/mol. The van der Waals surface area contributed by atoms with E-state index in [-0.39, 0.29) is 0 Å². The summed E-state index contributed by atoms with van der Waals surface area (Å²) in [6.45, 7) is 9.99. The van der Waals surface area contributed by atoms with Gasteiger partial charge in [0.15, 0.2) is 0 Å². The zero-order valence-electron chi connectivity index (χ0n) is 11.2. The molecule has 0 saturated heterocycles. The lowest BCUT2D eigenvalue weighted by Gasteiger charge is -2.20. The molecule has 0 aliphatic rings. The van der Waals surface area contributed by atoms with Gasteiger partial charge < -0.3 is 10.1 Å². The minimum Gasteiger partial charge on any atom is -0.382 e. The van der Waals surface area contributed by atoms with Crippen molar-refractivity contribution in [3.63, 3.8) is 0 Å². The summed E-state index contributed by atoms with van der Waals surface area (Å²) in [7, 11) is 1.79. The zero-order valence-corrected chi connectivity index (χ0v) is 11.2. The average Bonchev–Trinajstić information content (AvgIpc) is 2.21. The Morgan fingerprint density at radius 3 is 2.07 bits per heavy atom. The van der Waals surface area contributed by atoms with Crippen molar-refractivity contribution in [2.24, 2.45) is 5.92 Å². The molecule has 2 heteroatoms. The maximum absolute atomic E-state index is 5.28. The molecule has 0 aromatic carbocycles. The van der Waals surface area contributed by atoms with Gasteiger partial charge in [-0.15, -0.1) is 0 Å². The first-order chi connectivity index (χ1) is 7.10. The molecule has 0 rings (SSSR count). The lowest BCUT2D eigenvalue weighted by atomic mass is 9.99. The van der Waals surface area contributed by atoms with Crippen LogP contribution in [-0.4, -0.2) is 25.8 Å². The standard InChI is InChI=1S/C13H29NO/c1-6-14-13(9-7-11(2)3)10-8-12(4)15-5/h11-14H,6-10H2,1-5H3. The second-order valence-corrected chi connectivity index (χ2v) is 4.85. The largest absolute Gasteiger partial charge is 0.382 e. The van der Waals surface area contributed by atoms with Gasteiger partial charge in [-0.3, -0.25) is 0 Å². The Balaban J connectivity index is 3.72. The molecular weight excluding hydrogens is 186 g/mol. The van der Waals surface area contributed by atoms with Crippen LogP contribution >= 0.6 is 0 Å². The molecule has 2 unspecified atom stereocenters. The maximum atomic E-state index is 5.28. The number of ether oxygens (including phenoxy) is 1. The van der Waals surface area contributed by atoms with E-state index in [1.807, 2.05) is 0 Å². The van der Waals surface area contributed by atoms with Crippen molar-refractivity contribution in [3.8, 4) is 0 Å². The van der Waals surface area contributed by atoms with E-state index in [9.17, 15) is 0 Å². The van der Waals surface area contributed by atoms with Gasteiger partial charge in [-0.25, -0.2) is 0 Å². The third-order valence-electron chi connectivity index (χ3n) is 2.91. The molecule has 1 N–H and O–H groups in total. The van der Waals surface area contributed by atoms with Crippen molar-refractivity contribution in [1.29, 1.82) is 0 Å². The molecule has 0 saturated carbocycles. The van der Waals surface area contributed by atoms with E-state index in [1.165, 1.54) is 19.3 Å². The lowest BCUT2D eigenvalue weighted by molar-refractivity contribution is 0.105. The van der Waals surface area contributed by atoms with Crippen molar-refractivity contribution < 1.29 is 4.74 Å². The van der Waals surface area contributed by atoms with E-state index >= 15 is 0 Å². The average molecular weight is 215 g/mol. The van der Waals surface area contributed by atoms with Crippen LogP contribution in [0.15, 0.2) is 0 Å². The third-order valence-corrected chi connectivity index (χ3v) is 2.91. The van der Waals surface area contributed by atoms with Gasteiger partial charge in [0, 0.05) is 13.2 Å². The number of hydrogen-bond donors (Lipinski definition) is 1. The minimum atomic E-state index is 0.394. The predicted octanol–water partition coefficient (Wildman–Crippen LogP) is 3.22. The molecule has 15 heavy (non-hydrogen) atoms. The van der Waals surface area contributed by atoms with Crippen molar-refractivity contribution >= 4 is 0 Å². The van der Waals surface area contributed by atoms with Gasteiger partial charge in [0.05, 0.1) is 6.10 Å². The van der Waals surface area contributed by atoms with Crippen LogP contribution in [0.25, 0.3) is 0 Å². The molecule has 2 atom stereocenters. The van der Waals surface area contributed by atoms with E-state index in [0.717, 1.165) is 18.9 Å². The SMILES string of the molecule is CCNC(CCC(C)C)CCC(C)OC. The number of methoxy groups -OCH3 is 1. The van der Waals surface area contributed by atoms with Crippen LogP contribution in [0.1, 0.15) is 53.4 Å². The molecule has 0 aromatic heterocycles. The summed E-state index contributed by atoms with van der Waals surface area (Å²) >= 11 is 0. The molecule has 0 radical (unpaired) electrons. The normalized spacial score (nSPS) is 15.6. The van der Waals surface area contributed by atoms with Crippen LogP contribution in [0.2, 0.25) is 0 Å². The lowest BCUT2D eigenvalue weighted by Crippen LogP contribution is -2.30. The highest BCUT2D eigenvalue weighted by Crippen LogP contribution is 2.12. The molecule has 0 heterocycles. The van der Waals surface area contributed by atoms with Crippen LogP contribution < -0.4 is 5.32 Å². The minimum absolute atomic E-state index is 0.394. The van der Waals surface area contributed by atoms with E-state index in [0.29, 0.717) is 12.1 Å². The van der Waals surface area contributed by atoms with E-state index in [1.54, 1.807) is 7.11 Å². The number of hydrogen-bond acceptors (Lipinski definition) is 2. The molecule has 0 amide bonds. The van der Waals surface area contributed by atoms with Gasteiger partial charge >= 0.3 is 0 Å². The summed E-state index contributed by atoms with van der Waals surface area (Å²) < 4.78 is 5.28. The smallest absolute Gasteiger partial charge is 0.0543 e. The van der Waals surface area contributed by atoms with Crippen molar-refractivity contribution in [2.75, 3.05) is 13.7 Å². The quantitative estimate of drug-likeness (QED) is 0.637. The monoisotopic (exact) mass is 215 g/mol. The van der Waals surface area contributed by atoms with Crippen molar-refractivity contribution in [3.05, 3.63) is 0 Å². The molecule has 2 nitrogen and oxygen atoms in total. The van der Waals surface area contributed by atoms with Gasteiger partial charge in [-0.1, -0.05) is 20.8 Å². The van der Waals surface area contributed by atoms with Crippen LogP contribution in [-0.2, 0) is 4.74 Å². The van der Waals surface area contributed by atoms with Crippen molar-refractivity contribution in [2.45, 2.75) is 65.5 Å². The van der Waals surface area contributed by atoms with Gasteiger partial charge in [0.1, 0.15) is 0 Å². The Hall–Kier alpha value is -0.0800. The number of rotatable bonds is 9. The third kappa shape index (κ3) is 8.88. The molecule has 0 aliphatic heterocycles. The summed E-state index contributed by atoms with van der Waals surface area (Å²) in [6, 6.07) is 0.676. The van der Waals surface area contributed by atoms with Gasteiger partial charge in [0.2, 0.25) is 0 Å². The highest BCUT2D eigenvalue weighted by molar-refractivity contribution is 4.68. The Kier molecular flexibility index (Phi) is 9.12. The second kappa shape index (κ2) is 9.17. The second-order valence-electron chi connectivity index (χ2n) is 4.85. The van der Waals surface area contributed by atoms with Crippen LogP contribution in [0.4, 0.5) is 0 Å². The Labute approximate surface area is 95.8 Å². The highest BCUT2D eigenvalue weighted by atomic mass is 16.5. The Bertz CT molecular complexity index is 136. The van der Waals surface area contributed by atoms with E-state index in [2.05, 4.69) is 33.0 Å². The van der Waals surface area contributed by atoms with E-state index in [4.69, 9.17) is 4.74 Å². The first-order valence-electron chi connectivity index (χ1n) is 6.36. The zero-order chi connectivity index (χ0) is 11.7. The molecule has 0 fully saturated rings. The Morgan fingerprint density at radius 1 is 1.00 bits per heavy atom. The van der Waals surface area contributed by atoms with Crippen molar-refractivity contribution in [1.82, 2.24) is 5.32 Å². The summed E-state index contributed by atoms with van der Waals surface area (Å²) in [5.74, 6) is 0.811. The van der Waals surface area contributed by atoms with Crippen LogP contribution in [0.5, 0.6) is 0 Å². The molecule has 92 valence electrons. The fourth-order valence-electron chi connectivity index (χ4n) is 1.73. The van der Waals surface area contributed by atoms with Crippen LogP contribution in [0, 0.1) is 5.92 Å². The van der Waals surface area contributed by atoms with Gasteiger partial charge in [-0.05, 0) is 45.1 Å². The van der Waals surface area contributed by atoms with Gasteiger partial charge in [-0.2, -0.15) is 0 Å². The first-order valence-corrected chi connectivity index (χ1v) is 6.36. The van der Waals surface area contributed by atoms with Crippen LogP contribution in [0.3, 0.4) is 0 Å². The number of nitrogens with one attached hydrogen (secondary N) is 1.